The van der Waals surface area contributed by atoms with E-state index in [9.17, 15) is 22.8 Å². The zero-order chi connectivity index (χ0) is 24.7. The lowest BCUT2D eigenvalue weighted by molar-refractivity contribution is -0.144. The monoisotopic (exact) mass is 483 g/mol. The van der Waals surface area contributed by atoms with Crippen molar-refractivity contribution in [1.29, 1.82) is 0 Å². The van der Waals surface area contributed by atoms with Crippen LogP contribution in [0.2, 0.25) is 0 Å². The molecule has 4 nitrogen and oxygen atoms in total. The molecule has 2 aromatic rings. The number of halogens is 3. The molecule has 0 unspecified atom stereocenters. The molecule has 2 heterocycles. The van der Waals surface area contributed by atoms with Gasteiger partial charge in [-0.15, -0.1) is 0 Å². The minimum absolute atomic E-state index is 0.0670. The van der Waals surface area contributed by atoms with Crippen molar-refractivity contribution < 1.29 is 27.5 Å². The number of rotatable bonds is 4. The standard InChI is InChI=1S/C28H28F3NO3/c1-16-26-24(23-9-5-17(15-33)11-20(23)13-25(26)27(34)35-16)10-8-22-7-6-19(14-32-22)18-3-2-4-21(12-18)28(29,30)31/h2-4,6-8,10,12,14-17,20,23-26H,5,9,11,13H2,1H3/b10-8+/t16-,17-,20+,23-,24+,25-,26+/m1/s1. The summed E-state index contributed by atoms with van der Waals surface area (Å²) in [4.78, 5) is 28.4. The molecule has 0 bridgehead atoms. The van der Waals surface area contributed by atoms with Crippen LogP contribution < -0.4 is 0 Å². The fraction of sp³-hybridized carbons (Fsp3) is 0.464. The van der Waals surface area contributed by atoms with Crippen LogP contribution in [0.15, 0.2) is 48.7 Å². The highest BCUT2D eigenvalue weighted by molar-refractivity contribution is 5.75. The molecule has 3 fully saturated rings. The van der Waals surface area contributed by atoms with Crippen molar-refractivity contribution in [3.8, 4) is 11.1 Å². The van der Waals surface area contributed by atoms with Gasteiger partial charge in [-0.05, 0) is 80.2 Å². The Morgan fingerprint density at radius 1 is 1.09 bits per heavy atom. The molecule has 0 spiro atoms. The smallest absolute Gasteiger partial charge is 0.416 e. The van der Waals surface area contributed by atoms with Gasteiger partial charge in [0.15, 0.2) is 0 Å². The Morgan fingerprint density at radius 2 is 1.91 bits per heavy atom. The van der Waals surface area contributed by atoms with E-state index >= 15 is 0 Å². The van der Waals surface area contributed by atoms with Gasteiger partial charge < -0.3 is 9.53 Å². The van der Waals surface area contributed by atoms with E-state index in [1.54, 1.807) is 24.4 Å². The van der Waals surface area contributed by atoms with Crippen molar-refractivity contribution in [3.05, 3.63) is 59.9 Å². The van der Waals surface area contributed by atoms with Crippen molar-refractivity contribution in [1.82, 2.24) is 4.98 Å². The van der Waals surface area contributed by atoms with Gasteiger partial charge in [-0.25, -0.2) is 0 Å². The summed E-state index contributed by atoms with van der Waals surface area (Å²) in [6, 6.07) is 8.79. The second-order valence-electron chi connectivity index (χ2n) is 10.2. The van der Waals surface area contributed by atoms with E-state index in [4.69, 9.17) is 4.74 Å². The fourth-order valence-corrected chi connectivity index (χ4v) is 6.54. The van der Waals surface area contributed by atoms with E-state index in [2.05, 4.69) is 11.1 Å². The van der Waals surface area contributed by atoms with E-state index in [-0.39, 0.29) is 35.7 Å². The van der Waals surface area contributed by atoms with Gasteiger partial charge in [0.05, 0.1) is 17.2 Å². The van der Waals surface area contributed by atoms with Gasteiger partial charge in [0.1, 0.15) is 12.4 Å². The van der Waals surface area contributed by atoms with E-state index in [0.717, 1.165) is 44.1 Å². The number of pyridine rings is 1. The van der Waals surface area contributed by atoms with Crippen molar-refractivity contribution in [3.63, 3.8) is 0 Å². The molecule has 3 aliphatic rings. The van der Waals surface area contributed by atoms with Crippen LogP contribution in [0, 0.1) is 35.5 Å². The number of esters is 1. The first-order chi connectivity index (χ1) is 16.7. The first-order valence-corrected chi connectivity index (χ1v) is 12.2. The number of ether oxygens (including phenoxy) is 1. The van der Waals surface area contributed by atoms with Crippen LogP contribution in [0.3, 0.4) is 0 Å². The van der Waals surface area contributed by atoms with Crippen LogP contribution in [0.1, 0.15) is 43.9 Å². The van der Waals surface area contributed by atoms with E-state index in [0.29, 0.717) is 28.7 Å². The minimum Gasteiger partial charge on any atom is -0.462 e. The molecule has 0 radical (unpaired) electrons. The molecule has 0 amide bonds. The van der Waals surface area contributed by atoms with Crippen LogP contribution in [0.4, 0.5) is 13.2 Å². The normalized spacial score (nSPS) is 32.7. The van der Waals surface area contributed by atoms with Crippen LogP contribution in [0.5, 0.6) is 0 Å². The number of hydrogen-bond donors (Lipinski definition) is 0. The van der Waals surface area contributed by atoms with E-state index in [1.165, 1.54) is 6.07 Å². The molecule has 1 aromatic carbocycles. The number of aldehydes is 1. The van der Waals surface area contributed by atoms with Crippen molar-refractivity contribution >= 4 is 18.3 Å². The molecule has 1 saturated heterocycles. The molecular formula is C28H28F3NO3. The van der Waals surface area contributed by atoms with E-state index < -0.39 is 11.7 Å². The molecular weight excluding hydrogens is 455 g/mol. The first-order valence-electron chi connectivity index (χ1n) is 12.2. The van der Waals surface area contributed by atoms with Gasteiger partial charge in [0.25, 0.3) is 0 Å². The average molecular weight is 484 g/mol. The number of nitrogens with zero attached hydrogens (tertiary/aromatic N) is 1. The molecule has 2 saturated carbocycles. The van der Waals surface area contributed by atoms with E-state index in [1.807, 2.05) is 13.0 Å². The predicted octanol–water partition coefficient (Wildman–Crippen LogP) is 6.21. The first kappa shape index (κ1) is 23.8. The third-order valence-corrected chi connectivity index (χ3v) is 8.18. The lowest BCUT2D eigenvalue weighted by Crippen LogP contribution is -2.44. The van der Waals surface area contributed by atoms with Crippen molar-refractivity contribution in [2.45, 2.75) is 44.9 Å². The Labute approximate surface area is 202 Å². The summed E-state index contributed by atoms with van der Waals surface area (Å²) < 4.78 is 44.8. The largest absolute Gasteiger partial charge is 0.462 e. The maximum Gasteiger partial charge on any atom is 0.416 e. The lowest BCUT2D eigenvalue weighted by atomic mass is 9.56. The second-order valence-corrected chi connectivity index (χ2v) is 10.2. The van der Waals surface area contributed by atoms with Gasteiger partial charge in [-0.1, -0.05) is 24.3 Å². The molecule has 35 heavy (non-hydrogen) atoms. The number of allylic oxidation sites excluding steroid dienone is 1. The van der Waals surface area contributed by atoms with Gasteiger partial charge in [0.2, 0.25) is 0 Å². The minimum atomic E-state index is -4.39. The summed E-state index contributed by atoms with van der Waals surface area (Å²) in [5.74, 6) is 0.778. The predicted molar refractivity (Wildman–Crippen MR) is 125 cm³/mol. The SMILES string of the molecule is C[C@H]1OC(=O)[C@@H]2C[C@@H]3C[C@H](C=O)CC[C@H]3[C@H](/C=C/c3ccc(-c4cccc(C(F)(F)F)c4)cn3)[C@H]12. The number of fused-ring (bicyclic) bond motifs is 2. The quantitative estimate of drug-likeness (QED) is 0.383. The van der Waals surface area contributed by atoms with Gasteiger partial charge in [0, 0.05) is 23.6 Å². The van der Waals surface area contributed by atoms with Gasteiger partial charge in [-0.3, -0.25) is 9.78 Å². The highest BCUT2D eigenvalue weighted by atomic mass is 19.4. The molecule has 0 N–H and O–H groups in total. The number of hydrogen-bond acceptors (Lipinski definition) is 4. The summed E-state index contributed by atoms with van der Waals surface area (Å²) >= 11 is 0. The summed E-state index contributed by atoms with van der Waals surface area (Å²) in [5, 5.41) is 0. The lowest BCUT2D eigenvalue weighted by Gasteiger charge is -2.46. The summed E-state index contributed by atoms with van der Waals surface area (Å²) in [5.41, 5.74) is 1.09. The number of benzene rings is 1. The number of aromatic nitrogens is 1. The number of carbonyl (C=O) groups is 2. The zero-order valence-electron chi connectivity index (χ0n) is 19.4. The maximum atomic E-state index is 13.1. The summed E-state index contributed by atoms with van der Waals surface area (Å²) in [6.45, 7) is 1.96. The maximum absolute atomic E-state index is 13.1. The zero-order valence-corrected chi connectivity index (χ0v) is 19.4. The molecule has 7 atom stereocenters. The Hall–Kier alpha value is -2.96. The van der Waals surface area contributed by atoms with Crippen molar-refractivity contribution in [2.24, 2.45) is 35.5 Å². The molecule has 184 valence electrons. The Kier molecular flexibility index (Phi) is 6.28. The van der Waals surface area contributed by atoms with Crippen LogP contribution in [-0.4, -0.2) is 23.3 Å². The Balaban J connectivity index is 1.38. The fourth-order valence-electron chi connectivity index (χ4n) is 6.54. The number of carbonyl (C=O) groups excluding carboxylic acids is 2. The molecule has 1 aromatic heterocycles. The topological polar surface area (TPSA) is 56.3 Å². The van der Waals surface area contributed by atoms with Crippen molar-refractivity contribution in [2.75, 3.05) is 0 Å². The second kappa shape index (κ2) is 9.25. The molecule has 7 heteroatoms. The number of alkyl halides is 3. The molecule has 5 rings (SSSR count). The molecule has 1 aliphatic heterocycles. The number of cyclic esters (lactones) is 1. The Morgan fingerprint density at radius 3 is 2.63 bits per heavy atom. The summed E-state index contributed by atoms with van der Waals surface area (Å²) in [7, 11) is 0. The Bertz CT molecular complexity index is 1130. The van der Waals surface area contributed by atoms with Crippen LogP contribution in [0.25, 0.3) is 17.2 Å². The highest BCUT2D eigenvalue weighted by Gasteiger charge is 2.54. The molecule has 2 aliphatic carbocycles. The van der Waals surface area contributed by atoms with Crippen LogP contribution in [-0.2, 0) is 20.5 Å². The third-order valence-electron chi connectivity index (χ3n) is 8.18. The third kappa shape index (κ3) is 4.65. The average Bonchev–Trinajstić information content (AvgIpc) is 3.14. The van der Waals surface area contributed by atoms with Gasteiger partial charge in [-0.2, -0.15) is 13.2 Å². The van der Waals surface area contributed by atoms with Crippen LogP contribution >= 0.6 is 0 Å². The summed E-state index contributed by atoms with van der Waals surface area (Å²) in [6.07, 6.45) is 5.62. The highest BCUT2D eigenvalue weighted by Crippen LogP contribution is 2.54. The van der Waals surface area contributed by atoms with Gasteiger partial charge >= 0.3 is 12.1 Å².